The second-order valence-electron chi connectivity index (χ2n) is 5.28. The van der Waals surface area contributed by atoms with Crippen molar-refractivity contribution in [1.82, 2.24) is 15.6 Å². The summed E-state index contributed by atoms with van der Waals surface area (Å²) in [5, 5.41) is 14.3. The highest BCUT2D eigenvalue weighted by Gasteiger charge is 2.22. The second-order valence-corrected chi connectivity index (χ2v) is 5.28. The maximum absolute atomic E-state index is 12.1. The summed E-state index contributed by atoms with van der Waals surface area (Å²) in [6, 6.07) is 4.87. The minimum absolute atomic E-state index is 0.0999. The summed E-state index contributed by atoms with van der Waals surface area (Å²) in [4.78, 5) is 29.7. The average molecular weight is 301 g/mol. The van der Waals surface area contributed by atoms with Crippen LogP contribution in [0, 0.1) is 11.3 Å². The Hall–Kier alpha value is -2.62. The highest BCUT2D eigenvalue weighted by Crippen LogP contribution is 2.09. The van der Waals surface area contributed by atoms with Gasteiger partial charge < -0.3 is 15.5 Å². The van der Waals surface area contributed by atoms with Crippen LogP contribution >= 0.6 is 0 Å². The molecule has 116 valence electrons. The Labute approximate surface area is 129 Å². The number of pyridine rings is 1. The third-order valence-corrected chi connectivity index (χ3v) is 3.52. The summed E-state index contributed by atoms with van der Waals surface area (Å²) in [5.41, 5.74) is 0.469. The third kappa shape index (κ3) is 4.19. The summed E-state index contributed by atoms with van der Waals surface area (Å²) < 4.78 is 0. The van der Waals surface area contributed by atoms with Gasteiger partial charge in [-0.1, -0.05) is 0 Å². The normalized spacial score (nSPS) is 17.8. The molecule has 1 aliphatic heterocycles. The maximum Gasteiger partial charge on any atom is 0.242 e. The number of amides is 2. The number of carbonyl (C=O) groups excluding carboxylic acids is 2. The van der Waals surface area contributed by atoms with Crippen molar-refractivity contribution < 1.29 is 9.59 Å². The molecule has 22 heavy (non-hydrogen) atoms. The molecule has 1 fully saturated rings. The van der Waals surface area contributed by atoms with Gasteiger partial charge in [0, 0.05) is 19.8 Å². The molecule has 0 radical (unpaired) electrons. The van der Waals surface area contributed by atoms with Crippen molar-refractivity contribution in [3.05, 3.63) is 23.9 Å². The first-order valence-corrected chi connectivity index (χ1v) is 7.24. The van der Waals surface area contributed by atoms with Crippen LogP contribution in [0.2, 0.25) is 0 Å². The number of hydrogen-bond acceptors (Lipinski definition) is 5. The van der Waals surface area contributed by atoms with Crippen LogP contribution in [0.4, 0.5) is 5.82 Å². The fourth-order valence-electron chi connectivity index (χ4n) is 2.29. The first-order valence-electron chi connectivity index (χ1n) is 7.24. The summed E-state index contributed by atoms with van der Waals surface area (Å²) in [6.45, 7) is 0.767. The van der Waals surface area contributed by atoms with Gasteiger partial charge in [0.1, 0.15) is 17.9 Å². The van der Waals surface area contributed by atoms with E-state index >= 15 is 0 Å². The molecule has 1 atom stereocenters. The summed E-state index contributed by atoms with van der Waals surface area (Å²) >= 11 is 0. The number of hydrogen-bond donors (Lipinski definition) is 2. The standard InChI is InChI=1S/C15H19N5O2/c1-20(13-6-5-11(8-16)9-18-13)10-14(21)19-12-4-2-3-7-17-15(12)22/h5-6,9,12H,2-4,7,10H2,1H3,(H,17,22)(H,19,21). The molecule has 0 saturated carbocycles. The van der Waals surface area contributed by atoms with Gasteiger partial charge in [-0.05, 0) is 31.4 Å². The Morgan fingerprint density at radius 3 is 3.05 bits per heavy atom. The SMILES string of the molecule is CN(CC(=O)NC1CCCCNC1=O)c1ccc(C#N)cn1. The van der Waals surface area contributed by atoms with Crippen molar-refractivity contribution in [2.75, 3.05) is 25.0 Å². The number of nitrogens with zero attached hydrogens (tertiary/aromatic N) is 3. The Bertz CT molecular complexity index is 579. The molecule has 1 aromatic heterocycles. The lowest BCUT2D eigenvalue weighted by Gasteiger charge is -2.20. The van der Waals surface area contributed by atoms with E-state index in [1.54, 1.807) is 24.1 Å². The van der Waals surface area contributed by atoms with Gasteiger partial charge in [0.25, 0.3) is 0 Å². The Morgan fingerprint density at radius 1 is 1.55 bits per heavy atom. The van der Waals surface area contributed by atoms with Crippen molar-refractivity contribution in [2.45, 2.75) is 25.3 Å². The van der Waals surface area contributed by atoms with Crippen molar-refractivity contribution in [3.63, 3.8) is 0 Å². The van der Waals surface area contributed by atoms with Crippen LogP contribution in [-0.2, 0) is 9.59 Å². The summed E-state index contributed by atoms with van der Waals surface area (Å²) in [7, 11) is 1.74. The molecular weight excluding hydrogens is 282 g/mol. The van der Waals surface area contributed by atoms with Crippen LogP contribution < -0.4 is 15.5 Å². The largest absolute Gasteiger partial charge is 0.354 e. The molecule has 0 aromatic carbocycles. The number of nitriles is 1. The van der Waals surface area contributed by atoms with E-state index in [1.807, 2.05) is 6.07 Å². The van der Waals surface area contributed by atoms with Gasteiger partial charge in [0.2, 0.25) is 11.8 Å². The average Bonchev–Trinajstić information content (AvgIpc) is 2.72. The second kappa shape index (κ2) is 7.41. The molecule has 1 saturated heterocycles. The predicted molar refractivity (Wildman–Crippen MR) is 81.0 cm³/mol. The van der Waals surface area contributed by atoms with Crippen LogP contribution in [0.1, 0.15) is 24.8 Å². The molecule has 1 unspecified atom stereocenters. The molecule has 1 aromatic rings. The van der Waals surface area contributed by atoms with Gasteiger partial charge in [0.05, 0.1) is 12.1 Å². The summed E-state index contributed by atoms with van der Waals surface area (Å²) in [6.07, 6.45) is 3.97. The van der Waals surface area contributed by atoms with Crippen molar-refractivity contribution in [1.29, 1.82) is 5.26 Å². The van der Waals surface area contributed by atoms with E-state index in [0.29, 0.717) is 24.3 Å². The number of anilines is 1. The predicted octanol–water partition coefficient (Wildman–Crippen LogP) is 0.174. The van der Waals surface area contributed by atoms with Gasteiger partial charge in [-0.3, -0.25) is 9.59 Å². The van der Waals surface area contributed by atoms with Crippen LogP contribution in [0.25, 0.3) is 0 Å². The van der Waals surface area contributed by atoms with Gasteiger partial charge in [0.15, 0.2) is 0 Å². The zero-order chi connectivity index (χ0) is 15.9. The van der Waals surface area contributed by atoms with E-state index in [4.69, 9.17) is 5.26 Å². The molecule has 0 bridgehead atoms. The molecule has 2 heterocycles. The van der Waals surface area contributed by atoms with E-state index in [9.17, 15) is 9.59 Å². The fourth-order valence-corrected chi connectivity index (χ4v) is 2.29. The molecule has 7 heteroatoms. The van der Waals surface area contributed by atoms with E-state index in [2.05, 4.69) is 15.6 Å². The first kappa shape index (κ1) is 15.8. The van der Waals surface area contributed by atoms with Crippen LogP contribution in [0.5, 0.6) is 0 Å². The topological polar surface area (TPSA) is 98.1 Å². The lowest BCUT2D eigenvalue weighted by molar-refractivity contribution is -0.128. The molecule has 2 rings (SSSR count). The zero-order valence-electron chi connectivity index (χ0n) is 12.5. The highest BCUT2D eigenvalue weighted by atomic mass is 16.2. The third-order valence-electron chi connectivity index (χ3n) is 3.52. The monoisotopic (exact) mass is 301 g/mol. The minimum atomic E-state index is -0.461. The van der Waals surface area contributed by atoms with Crippen molar-refractivity contribution >= 4 is 17.6 Å². The van der Waals surface area contributed by atoms with Gasteiger partial charge in [-0.25, -0.2) is 4.98 Å². The Kier molecular flexibility index (Phi) is 5.31. The van der Waals surface area contributed by atoms with E-state index < -0.39 is 6.04 Å². The number of likely N-dealkylation sites (N-methyl/N-ethyl adjacent to an activating group) is 1. The van der Waals surface area contributed by atoms with E-state index in [1.165, 1.54) is 6.20 Å². The van der Waals surface area contributed by atoms with Crippen molar-refractivity contribution in [2.24, 2.45) is 0 Å². The number of carbonyl (C=O) groups is 2. The smallest absolute Gasteiger partial charge is 0.242 e. The van der Waals surface area contributed by atoms with Gasteiger partial charge in [-0.15, -0.1) is 0 Å². The van der Waals surface area contributed by atoms with Crippen LogP contribution in [0.15, 0.2) is 18.3 Å². The maximum atomic E-state index is 12.1. The lowest BCUT2D eigenvalue weighted by atomic mass is 10.1. The quantitative estimate of drug-likeness (QED) is 0.826. The zero-order valence-corrected chi connectivity index (χ0v) is 12.5. The van der Waals surface area contributed by atoms with E-state index in [-0.39, 0.29) is 18.4 Å². The molecule has 1 aliphatic rings. The molecule has 0 aliphatic carbocycles. The molecule has 2 amide bonds. The van der Waals surface area contributed by atoms with Crippen LogP contribution in [0.3, 0.4) is 0 Å². The van der Waals surface area contributed by atoms with Crippen molar-refractivity contribution in [3.8, 4) is 6.07 Å². The molecular formula is C15H19N5O2. The fraction of sp³-hybridized carbons (Fsp3) is 0.467. The van der Waals surface area contributed by atoms with Gasteiger partial charge >= 0.3 is 0 Å². The first-order chi connectivity index (χ1) is 10.6. The molecule has 2 N–H and O–H groups in total. The molecule has 0 spiro atoms. The number of nitrogens with one attached hydrogen (secondary N) is 2. The lowest BCUT2D eigenvalue weighted by Crippen LogP contribution is -2.48. The Morgan fingerprint density at radius 2 is 2.36 bits per heavy atom. The van der Waals surface area contributed by atoms with E-state index in [0.717, 1.165) is 12.8 Å². The minimum Gasteiger partial charge on any atom is -0.354 e. The molecule has 7 nitrogen and oxygen atoms in total. The number of aromatic nitrogens is 1. The van der Waals surface area contributed by atoms with Crippen LogP contribution in [-0.4, -0.2) is 43.0 Å². The van der Waals surface area contributed by atoms with Gasteiger partial charge in [-0.2, -0.15) is 5.26 Å². The highest BCUT2D eigenvalue weighted by molar-refractivity contribution is 5.89. The summed E-state index contributed by atoms with van der Waals surface area (Å²) in [5.74, 6) is 0.250. The Balaban J connectivity index is 1.90. The number of rotatable bonds is 4.